The number of benzene rings is 1. The van der Waals surface area contributed by atoms with E-state index in [0.29, 0.717) is 23.9 Å². The molecule has 1 N–H and O–H groups in total. The molecule has 2 aliphatic rings. The molecule has 2 atom stereocenters. The third kappa shape index (κ3) is 5.99. The van der Waals surface area contributed by atoms with Crippen molar-refractivity contribution in [3.63, 3.8) is 0 Å². The Labute approximate surface area is 225 Å². The van der Waals surface area contributed by atoms with Crippen LogP contribution in [0.4, 0.5) is 18.9 Å². The highest BCUT2D eigenvalue weighted by Gasteiger charge is 2.51. The summed E-state index contributed by atoms with van der Waals surface area (Å²) in [5.41, 5.74) is -1.84. The lowest BCUT2D eigenvalue weighted by molar-refractivity contribution is -0.258. The van der Waals surface area contributed by atoms with E-state index in [1.54, 1.807) is 30.6 Å². The molecule has 0 saturated carbocycles. The molecule has 12 heteroatoms. The molecule has 1 aromatic heterocycles. The third-order valence-electron chi connectivity index (χ3n) is 6.64. The Kier molecular flexibility index (Phi) is 8.38. The van der Waals surface area contributed by atoms with Gasteiger partial charge in [-0.15, -0.1) is 0 Å². The van der Waals surface area contributed by atoms with E-state index in [9.17, 15) is 26.7 Å². The number of hydrogen-bond acceptors (Lipinski definition) is 7. The second-order valence-electron chi connectivity index (χ2n) is 9.29. The zero-order valence-electron chi connectivity index (χ0n) is 20.6. The number of rotatable bonds is 8. The highest BCUT2D eigenvalue weighted by Crippen LogP contribution is 2.39. The van der Waals surface area contributed by atoms with Gasteiger partial charge in [-0.2, -0.15) is 17.5 Å². The number of aromatic nitrogens is 1. The average Bonchev–Trinajstić information content (AvgIpc) is 2.89. The van der Waals surface area contributed by atoms with Gasteiger partial charge in [-0.3, -0.25) is 4.98 Å². The van der Waals surface area contributed by atoms with E-state index in [1.165, 1.54) is 34.6 Å². The number of anilines is 1. The maximum absolute atomic E-state index is 13.4. The Bertz CT molecular complexity index is 1310. The van der Waals surface area contributed by atoms with Crippen molar-refractivity contribution >= 4 is 32.8 Å². The fourth-order valence-corrected chi connectivity index (χ4v) is 6.43. The molecule has 4 rings (SSSR count). The molecule has 0 spiro atoms. The van der Waals surface area contributed by atoms with Crippen LogP contribution in [0, 0.1) is 0 Å². The van der Waals surface area contributed by atoms with Crippen molar-refractivity contribution in [1.29, 1.82) is 0 Å². The van der Waals surface area contributed by atoms with Crippen LogP contribution in [0.15, 0.2) is 71.9 Å². The van der Waals surface area contributed by atoms with Crippen molar-refractivity contribution in [2.24, 2.45) is 0 Å². The van der Waals surface area contributed by atoms with Crippen LogP contribution < -0.4 is 4.90 Å². The molecule has 0 amide bonds. The number of alkyl halides is 3. The molecule has 0 radical (unpaired) electrons. The van der Waals surface area contributed by atoms with Crippen LogP contribution in [0.1, 0.15) is 24.5 Å². The normalized spacial score (nSPS) is 20.8. The molecule has 38 heavy (non-hydrogen) atoms. The van der Waals surface area contributed by atoms with E-state index < -0.39 is 27.8 Å². The van der Waals surface area contributed by atoms with Crippen molar-refractivity contribution in [3.8, 4) is 0 Å². The quantitative estimate of drug-likeness (QED) is 0.481. The number of allylic oxidation sites excluding steroid dienone is 4. The molecule has 7 nitrogen and oxygen atoms in total. The number of nitrogens with zero attached hydrogens (tertiary/aromatic N) is 3. The molecule has 2 heterocycles. The summed E-state index contributed by atoms with van der Waals surface area (Å²) in [6, 6.07) is 8.67. The molecule has 1 aromatic carbocycles. The second-order valence-corrected chi connectivity index (χ2v) is 11.7. The van der Waals surface area contributed by atoms with Gasteiger partial charge in [0, 0.05) is 49.0 Å². The van der Waals surface area contributed by atoms with Gasteiger partial charge in [-0.1, -0.05) is 42.6 Å². The van der Waals surface area contributed by atoms with Crippen molar-refractivity contribution in [2.75, 3.05) is 31.1 Å². The SMILES string of the molecule is CC(O)(c1ccc(N2CCN(S(=O)(=O)C3=CC=CCC3=S)C[C@H]2COCc2cccnc2)cc1)C(F)(F)F. The minimum Gasteiger partial charge on any atom is -0.376 e. The largest absolute Gasteiger partial charge is 0.421 e. The van der Waals surface area contributed by atoms with E-state index in [2.05, 4.69) is 4.98 Å². The maximum Gasteiger partial charge on any atom is 0.421 e. The van der Waals surface area contributed by atoms with Crippen LogP contribution in [0.5, 0.6) is 0 Å². The summed E-state index contributed by atoms with van der Waals surface area (Å²) >= 11 is 5.30. The van der Waals surface area contributed by atoms with Gasteiger partial charge in [0.05, 0.1) is 24.2 Å². The first-order chi connectivity index (χ1) is 17.9. The number of aliphatic hydroxyl groups is 1. The molecule has 0 bridgehead atoms. The zero-order valence-corrected chi connectivity index (χ0v) is 22.3. The zero-order chi connectivity index (χ0) is 27.6. The predicted molar refractivity (Wildman–Crippen MR) is 142 cm³/mol. The monoisotopic (exact) mass is 567 g/mol. The molecular formula is C26H28F3N3O4S2. The number of piperazine rings is 1. The minimum atomic E-state index is -4.83. The summed E-state index contributed by atoms with van der Waals surface area (Å²) in [5, 5.41) is 10.0. The van der Waals surface area contributed by atoms with Gasteiger partial charge in [0.25, 0.3) is 0 Å². The van der Waals surface area contributed by atoms with E-state index in [-0.39, 0.29) is 43.3 Å². The maximum atomic E-state index is 13.4. The predicted octanol–water partition coefficient (Wildman–Crippen LogP) is 4.10. The number of thiocarbonyl (C=S) groups is 1. The van der Waals surface area contributed by atoms with Crippen LogP contribution in [0.3, 0.4) is 0 Å². The summed E-state index contributed by atoms with van der Waals surface area (Å²) < 4.78 is 74.0. The molecule has 1 unspecified atom stereocenters. The Morgan fingerprint density at radius 3 is 2.55 bits per heavy atom. The van der Waals surface area contributed by atoms with Crippen LogP contribution >= 0.6 is 12.2 Å². The fraction of sp³-hybridized carbons (Fsp3) is 0.385. The van der Waals surface area contributed by atoms with E-state index in [4.69, 9.17) is 17.0 Å². The van der Waals surface area contributed by atoms with Gasteiger partial charge >= 0.3 is 6.18 Å². The topological polar surface area (TPSA) is 83.0 Å². The first-order valence-electron chi connectivity index (χ1n) is 11.9. The first kappa shape index (κ1) is 28.4. The number of sulfonamides is 1. The highest BCUT2D eigenvalue weighted by molar-refractivity contribution is 7.96. The molecule has 2 aromatic rings. The van der Waals surface area contributed by atoms with Crippen molar-refractivity contribution < 1.29 is 31.4 Å². The molecule has 1 fully saturated rings. The second kappa shape index (κ2) is 11.2. The molecule has 1 aliphatic heterocycles. The van der Waals surface area contributed by atoms with Gasteiger partial charge in [0.2, 0.25) is 10.0 Å². The van der Waals surface area contributed by atoms with E-state index in [1.807, 2.05) is 11.0 Å². The molecule has 1 aliphatic carbocycles. The first-order valence-corrected chi connectivity index (χ1v) is 13.8. The Balaban J connectivity index is 1.56. The van der Waals surface area contributed by atoms with Gasteiger partial charge in [-0.25, -0.2) is 8.42 Å². The summed E-state index contributed by atoms with van der Waals surface area (Å²) in [4.78, 5) is 6.43. The standard InChI is InChI=1S/C26H28F3N3O4S2/c1-25(33,26(27,28)29)20-8-10-21(11-9-20)32-14-13-31(38(34,35)24-7-3-2-6-23(24)37)16-22(32)18-36-17-19-5-4-12-30-15-19/h2-5,7-12,15,22,33H,6,13-14,16-18H2,1H3/t22-,25?/m0/s1. The lowest BCUT2D eigenvalue weighted by Gasteiger charge is -2.42. The van der Waals surface area contributed by atoms with E-state index >= 15 is 0 Å². The Morgan fingerprint density at radius 1 is 1.18 bits per heavy atom. The number of hydrogen-bond donors (Lipinski definition) is 1. The van der Waals surface area contributed by atoms with E-state index in [0.717, 1.165) is 5.56 Å². The molecular weight excluding hydrogens is 539 g/mol. The van der Waals surface area contributed by atoms with Crippen molar-refractivity contribution in [2.45, 2.75) is 37.8 Å². The van der Waals surface area contributed by atoms with Crippen LogP contribution in [0.25, 0.3) is 0 Å². The van der Waals surface area contributed by atoms with Crippen LogP contribution in [-0.4, -0.2) is 66.1 Å². The fourth-order valence-electron chi connectivity index (χ4n) is 4.36. The summed E-state index contributed by atoms with van der Waals surface area (Å²) in [6.45, 7) is 1.67. The van der Waals surface area contributed by atoms with Gasteiger partial charge in [0.1, 0.15) is 0 Å². The molecule has 1 saturated heterocycles. The number of pyridine rings is 1. The van der Waals surface area contributed by atoms with Gasteiger partial charge < -0.3 is 14.7 Å². The minimum absolute atomic E-state index is 0.0983. The average molecular weight is 568 g/mol. The summed E-state index contributed by atoms with van der Waals surface area (Å²) in [5.74, 6) is 0. The van der Waals surface area contributed by atoms with Crippen LogP contribution in [-0.2, 0) is 27.0 Å². The van der Waals surface area contributed by atoms with Crippen LogP contribution in [0.2, 0.25) is 0 Å². The molecule has 204 valence electrons. The third-order valence-corrected chi connectivity index (χ3v) is 9.11. The highest BCUT2D eigenvalue weighted by atomic mass is 32.2. The van der Waals surface area contributed by atoms with Gasteiger partial charge in [-0.05, 0) is 42.3 Å². The smallest absolute Gasteiger partial charge is 0.376 e. The Morgan fingerprint density at radius 2 is 1.92 bits per heavy atom. The Hall–Kier alpha value is -2.64. The van der Waals surface area contributed by atoms with Gasteiger partial charge in [0.15, 0.2) is 5.60 Å². The number of halogens is 3. The number of ether oxygens (including phenoxy) is 1. The lowest BCUT2D eigenvalue weighted by atomic mass is 9.95. The lowest BCUT2D eigenvalue weighted by Crippen LogP contribution is -2.57. The summed E-state index contributed by atoms with van der Waals surface area (Å²) in [7, 11) is -3.84. The van der Waals surface area contributed by atoms with Crippen molar-refractivity contribution in [3.05, 3.63) is 83.1 Å². The van der Waals surface area contributed by atoms with Crippen molar-refractivity contribution in [1.82, 2.24) is 9.29 Å². The summed E-state index contributed by atoms with van der Waals surface area (Å²) in [6.07, 6.45) is 3.84.